The van der Waals surface area contributed by atoms with Crippen molar-refractivity contribution < 1.29 is 19.2 Å². The Bertz CT molecular complexity index is 2090. The number of aromatic nitrogens is 1. The first-order valence-electron chi connectivity index (χ1n) is 14.9. The Hall–Kier alpha value is -5.59. The number of thiazole rings is 1. The molecule has 6 rings (SSSR count). The molecule has 0 unspecified atom stereocenters. The Kier molecular flexibility index (Phi) is 10.0. The van der Waals surface area contributed by atoms with Gasteiger partial charge in [0.05, 0.1) is 15.1 Å². The number of amides is 2. The fourth-order valence-corrected chi connectivity index (χ4v) is 6.00. The van der Waals surface area contributed by atoms with Gasteiger partial charge >= 0.3 is 0 Å². The number of anilines is 3. The van der Waals surface area contributed by atoms with E-state index in [0.717, 1.165) is 15.6 Å². The topological polar surface area (TPSA) is 135 Å². The van der Waals surface area contributed by atoms with Gasteiger partial charge in [-0.15, -0.1) is 0 Å². The van der Waals surface area contributed by atoms with Crippen LogP contribution in [0.4, 0.5) is 22.2 Å². The number of nitrogens with zero attached hydrogens (tertiary/aromatic N) is 2. The van der Waals surface area contributed by atoms with E-state index in [9.17, 15) is 19.7 Å². The van der Waals surface area contributed by atoms with Crippen molar-refractivity contribution >= 4 is 71.5 Å². The molecule has 2 amide bonds. The molecule has 0 atom stereocenters. The van der Waals surface area contributed by atoms with Gasteiger partial charge in [0, 0.05) is 33.9 Å². The SMILES string of the molecule is O=C(Nc1ccc(OCc2ccc(Br)cc2)cc1)c1ccc2nc(NC(=O)c3ccc(NCCc4ccccc4)c([N+](=O)[O-])c3)sc2c1. The molecule has 0 bridgehead atoms. The average Bonchev–Trinajstić information content (AvgIpc) is 3.50. The molecule has 3 N–H and O–H groups in total. The number of nitro benzene ring substituents is 1. The summed E-state index contributed by atoms with van der Waals surface area (Å²) >= 11 is 4.62. The van der Waals surface area contributed by atoms with Gasteiger partial charge in [-0.25, -0.2) is 4.98 Å². The smallest absolute Gasteiger partial charge is 0.293 e. The van der Waals surface area contributed by atoms with Crippen LogP contribution in [0.1, 0.15) is 31.8 Å². The van der Waals surface area contributed by atoms with Crippen molar-refractivity contribution in [1.82, 2.24) is 4.98 Å². The summed E-state index contributed by atoms with van der Waals surface area (Å²) in [5.74, 6) is -0.156. The van der Waals surface area contributed by atoms with Crippen LogP contribution in [0.5, 0.6) is 5.75 Å². The molecule has 0 fully saturated rings. The summed E-state index contributed by atoms with van der Waals surface area (Å²) in [6.45, 7) is 0.923. The summed E-state index contributed by atoms with van der Waals surface area (Å²) in [4.78, 5) is 41.8. The minimum Gasteiger partial charge on any atom is -0.489 e. The van der Waals surface area contributed by atoms with E-state index < -0.39 is 10.8 Å². The second kappa shape index (κ2) is 14.9. The minimum absolute atomic E-state index is 0.124. The van der Waals surface area contributed by atoms with Crippen LogP contribution in [0.15, 0.2) is 120 Å². The first-order valence-corrected chi connectivity index (χ1v) is 16.5. The average molecular weight is 723 g/mol. The third kappa shape index (κ3) is 8.21. The van der Waals surface area contributed by atoms with Crippen molar-refractivity contribution in [3.63, 3.8) is 0 Å². The Balaban J connectivity index is 1.06. The van der Waals surface area contributed by atoms with Crippen LogP contribution in [0.25, 0.3) is 10.2 Å². The van der Waals surface area contributed by atoms with E-state index in [1.165, 1.54) is 29.5 Å². The summed E-state index contributed by atoms with van der Waals surface area (Å²) in [6.07, 6.45) is 0.693. The zero-order valence-electron chi connectivity index (χ0n) is 25.3. The van der Waals surface area contributed by atoms with Gasteiger partial charge < -0.3 is 15.4 Å². The maximum Gasteiger partial charge on any atom is 0.293 e. The van der Waals surface area contributed by atoms with E-state index in [4.69, 9.17) is 4.74 Å². The number of fused-ring (bicyclic) bond motifs is 1. The fraction of sp³-hybridized carbons (Fsp3) is 0.0833. The number of nitrogens with one attached hydrogen (secondary N) is 3. The summed E-state index contributed by atoms with van der Waals surface area (Å²) in [7, 11) is 0. The molecule has 0 radical (unpaired) electrons. The lowest BCUT2D eigenvalue weighted by molar-refractivity contribution is -0.384. The molecule has 1 aromatic heterocycles. The van der Waals surface area contributed by atoms with Gasteiger partial charge in [0.2, 0.25) is 0 Å². The number of hydrogen-bond donors (Lipinski definition) is 3. The largest absolute Gasteiger partial charge is 0.489 e. The highest BCUT2D eigenvalue weighted by atomic mass is 79.9. The summed E-state index contributed by atoms with van der Waals surface area (Å²) in [5.41, 5.74) is 4.04. The van der Waals surface area contributed by atoms with Gasteiger partial charge in [-0.3, -0.25) is 25.0 Å². The van der Waals surface area contributed by atoms with Crippen LogP contribution in [0, 0.1) is 10.1 Å². The molecule has 10 nitrogen and oxygen atoms in total. The van der Waals surface area contributed by atoms with Crippen molar-refractivity contribution in [3.8, 4) is 5.75 Å². The van der Waals surface area contributed by atoms with Crippen LogP contribution in [0.3, 0.4) is 0 Å². The second-order valence-electron chi connectivity index (χ2n) is 10.7. The second-order valence-corrected chi connectivity index (χ2v) is 12.6. The molecular weight excluding hydrogens is 694 g/mol. The highest BCUT2D eigenvalue weighted by Crippen LogP contribution is 2.30. The first kappa shape index (κ1) is 32.4. The zero-order valence-corrected chi connectivity index (χ0v) is 27.7. The zero-order chi connectivity index (χ0) is 33.5. The number of carbonyl (C=O) groups excluding carboxylic acids is 2. The summed E-state index contributed by atoms with van der Waals surface area (Å²) in [5, 5.41) is 20.8. The molecule has 5 aromatic carbocycles. The molecule has 0 aliphatic carbocycles. The van der Waals surface area contributed by atoms with Crippen LogP contribution in [-0.4, -0.2) is 28.3 Å². The molecule has 48 heavy (non-hydrogen) atoms. The van der Waals surface area contributed by atoms with E-state index in [2.05, 4.69) is 36.9 Å². The normalized spacial score (nSPS) is 10.8. The van der Waals surface area contributed by atoms with E-state index >= 15 is 0 Å². The number of ether oxygens (including phenoxy) is 1. The maximum absolute atomic E-state index is 13.0. The fourth-order valence-electron chi connectivity index (χ4n) is 4.83. The highest BCUT2D eigenvalue weighted by Gasteiger charge is 2.19. The number of hydrogen-bond acceptors (Lipinski definition) is 8. The first-order chi connectivity index (χ1) is 23.3. The van der Waals surface area contributed by atoms with Crippen LogP contribution in [-0.2, 0) is 13.0 Å². The lowest BCUT2D eigenvalue weighted by Gasteiger charge is -2.09. The number of carbonyl (C=O) groups is 2. The van der Waals surface area contributed by atoms with Crippen molar-refractivity contribution in [3.05, 3.63) is 152 Å². The highest BCUT2D eigenvalue weighted by molar-refractivity contribution is 9.10. The summed E-state index contributed by atoms with van der Waals surface area (Å²) in [6, 6.07) is 34.2. The Morgan fingerprint density at radius 1 is 0.812 bits per heavy atom. The maximum atomic E-state index is 13.0. The molecule has 0 spiro atoms. The molecular formula is C36H28BrN5O5S. The van der Waals surface area contributed by atoms with Crippen molar-refractivity contribution in [2.75, 3.05) is 22.5 Å². The van der Waals surface area contributed by atoms with Gasteiger partial charge in [-0.1, -0.05) is 69.7 Å². The van der Waals surface area contributed by atoms with Crippen molar-refractivity contribution in [1.29, 1.82) is 0 Å². The van der Waals surface area contributed by atoms with Gasteiger partial charge in [-0.05, 0) is 84.3 Å². The van der Waals surface area contributed by atoms with E-state index in [-0.39, 0.29) is 17.2 Å². The van der Waals surface area contributed by atoms with Crippen LogP contribution < -0.4 is 20.7 Å². The van der Waals surface area contributed by atoms with E-state index in [0.29, 0.717) is 57.6 Å². The Morgan fingerprint density at radius 2 is 1.52 bits per heavy atom. The number of halogens is 1. The molecule has 0 aliphatic heterocycles. The number of benzene rings is 5. The molecule has 1 heterocycles. The molecule has 240 valence electrons. The molecule has 0 aliphatic rings. The Morgan fingerprint density at radius 3 is 2.27 bits per heavy atom. The van der Waals surface area contributed by atoms with Crippen LogP contribution >= 0.6 is 27.3 Å². The molecule has 12 heteroatoms. The Labute approximate surface area is 288 Å². The van der Waals surface area contributed by atoms with Gasteiger partial charge in [0.15, 0.2) is 5.13 Å². The standard InChI is InChI=1S/C36H28BrN5O5S/c37-27-10-6-24(7-11-27)22-47-29-14-12-28(13-15-29)39-34(43)26-9-17-31-33(21-26)48-36(40-31)41-35(44)25-8-16-30(32(20-25)42(45)46)38-19-18-23-4-2-1-3-5-23/h1-17,20-21,38H,18-19,22H2,(H,39,43)(H,40,41,44). The third-order valence-electron chi connectivity index (χ3n) is 7.33. The number of nitro groups is 1. The molecule has 0 saturated heterocycles. The predicted octanol–water partition coefficient (Wildman–Crippen LogP) is 8.71. The van der Waals surface area contributed by atoms with E-state index in [1.807, 2.05) is 54.6 Å². The van der Waals surface area contributed by atoms with Crippen LogP contribution in [0.2, 0.25) is 0 Å². The predicted molar refractivity (Wildman–Crippen MR) is 192 cm³/mol. The lowest BCUT2D eigenvalue weighted by Crippen LogP contribution is -2.13. The van der Waals surface area contributed by atoms with Gasteiger partial charge in [0.25, 0.3) is 17.5 Å². The quantitative estimate of drug-likeness (QED) is 0.0850. The molecule has 0 saturated carbocycles. The minimum atomic E-state index is -0.532. The van der Waals surface area contributed by atoms with E-state index in [1.54, 1.807) is 42.5 Å². The number of rotatable bonds is 12. The lowest BCUT2D eigenvalue weighted by atomic mass is 10.1. The van der Waals surface area contributed by atoms with Gasteiger partial charge in [-0.2, -0.15) is 0 Å². The van der Waals surface area contributed by atoms with Gasteiger partial charge in [0.1, 0.15) is 18.0 Å². The molecule has 6 aromatic rings. The monoisotopic (exact) mass is 721 g/mol. The summed E-state index contributed by atoms with van der Waals surface area (Å²) < 4.78 is 7.53. The van der Waals surface area contributed by atoms with Crippen molar-refractivity contribution in [2.24, 2.45) is 0 Å². The third-order valence-corrected chi connectivity index (χ3v) is 8.79. The van der Waals surface area contributed by atoms with Crippen molar-refractivity contribution in [2.45, 2.75) is 13.0 Å².